The lowest BCUT2D eigenvalue weighted by molar-refractivity contribution is 0.607. The molecule has 0 aliphatic carbocycles. The Morgan fingerprint density at radius 2 is 1.11 bits per heavy atom. The minimum Gasteiger partial charge on any atom is -0.234 e. The average molecular weight is 190 g/mol. The molecule has 0 unspecified atom stereocenters. The molecule has 0 rings (SSSR count). The van der Waals surface area contributed by atoms with E-state index >= 15 is 0 Å². The van der Waals surface area contributed by atoms with Crippen LogP contribution < -0.4 is 10.3 Å². The van der Waals surface area contributed by atoms with Crippen molar-refractivity contribution in [2.24, 2.45) is 10.3 Å². The zero-order valence-electron chi connectivity index (χ0n) is 4.31. The van der Waals surface area contributed by atoms with Gasteiger partial charge in [0, 0.05) is 0 Å². The molecule has 0 aromatic heterocycles. The highest BCUT2D eigenvalue weighted by atomic mass is 32.6. The van der Waals surface area contributed by atoms with E-state index in [2.05, 4.69) is 10.3 Å². The summed E-state index contributed by atoms with van der Waals surface area (Å²) in [6, 6.07) is 0. The molecule has 6 nitrogen and oxygen atoms in total. The van der Waals surface area contributed by atoms with Crippen molar-refractivity contribution in [3.8, 4) is 0 Å². The minimum atomic E-state index is -3.86. The molecule has 0 saturated heterocycles. The van der Waals surface area contributed by atoms with Crippen LogP contribution in [-0.2, 0) is 18.9 Å². The van der Waals surface area contributed by atoms with Crippen LogP contribution in [0.15, 0.2) is 0 Å². The third-order valence-corrected chi connectivity index (χ3v) is 8.87. The molecule has 56 valence electrons. The van der Waals surface area contributed by atoms with Gasteiger partial charge >= 0.3 is 7.82 Å². The smallest absolute Gasteiger partial charge is 0.234 e. The number of rotatable bonds is 2. The second-order valence-corrected chi connectivity index (χ2v) is 12.0. The zero-order valence-corrected chi connectivity index (χ0v) is 7.36. The SMILES string of the molecule is NS(=O)(=O)[SiH2]S(N)(=O)=O. The van der Waals surface area contributed by atoms with Gasteiger partial charge in [-0.05, 0) is 0 Å². The van der Waals surface area contributed by atoms with Gasteiger partial charge in [0.25, 0.3) is 0 Å². The van der Waals surface area contributed by atoms with Gasteiger partial charge in [0.1, 0.15) is 0 Å². The molecule has 4 N–H and O–H groups in total. The maximum absolute atomic E-state index is 10.0. The molecule has 0 aliphatic heterocycles. The van der Waals surface area contributed by atoms with Crippen molar-refractivity contribution in [3.63, 3.8) is 0 Å². The predicted octanol–water partition coefficient (Wildman–Crippen LogP) is -3.44. The molecule has 0 aromatic carbocycles. The molecule has 0 heterocycles. The van der Waals surface area contributed by atoms with Crippen molar-refractivity contribution in [2.75, 3.05) is 0 Å². The molecule has 0 bridgehead atoms. The average Bonchev–Trinajstić information content (AvgIpc) is 1.14. The Hall–Kier alpha value is 0.0369. The maximum Gasteiger partial charge on any atom is 0.337 e. The molecule has 0 atom stereocenters. The highest BCUT2D eigenvalue weighted by Gasteiger charge is 2.14. The summed E-state index contributed by atoms with van der Waals surface area (Å²) < 4.78 is 40.1. The summed E-state index contributed by atoms with van der Waals surface area (Å²) in [5, 5.41) is 8.79. The molecule has 0 spiro atoms. The van der Waals surface area contributed by atoms with E-state index in [1.54, 1.807) is 0 Å². The zero-order chi connectivity index (χ0) is 7.71. The van der Waals surface area contributed by atoms with Gasteiger partial charge in [-0.25, -0.2) is 27.1 Å². The molecular formula is H6N2O4S2Si. The summed E-state index contributed by atoms with van der Waals surface area (Å²) in [6.45, 7) is 0. The van der Waals surface area contributed by atoms with Gasteiger partial charge in [-0.1, -0.05) is 0 Å². The van der Waals surface area contributed by atoms with E-state index in [1.165, 1.54) is 0 Å². The lowest BCUT2D eigenvalue weighted by atomic mass is 13.9. The third-order valence-electron chi connectivity index (χ3n) is 0.329. The van der Waals surface area contributed by atoms with Gasteiger partial charge in [-0.2, -0.15) is 0 Å². The van der Waals surface area contributed by atoms with Gasteiger partial charge in [-0.15, -0.1) is 0 Å². The molecule has 0 aliphatic rings. The summed E-state index contributed by atoms with van der Waals surface area (Å²) in [4.78, 5) is 0. The van der Waals surface area contributed by atoms with E-state index in [9.17, 15) is 16.8 Å². The topological polar surface area (TPSA) is 120 Å². The Kier molecular flexibility index (Phi) is 2.35. The van der Waals surface area contributed by atoms with Crippen molar-refractivity contribution in [3.05, 3.63) is 0 Å². The first-order valence-electron chi connectivity index (χ1n) is 1.72. The normalized spacial score (nSPS) is 13.6. The Labute approximate surface area is 54.4 Å². The quantitative estimate of drug-likeness (QED) is 0.440. The van der Waals surface area contributed by atoms with Crippen LogP contribution in [0.1, 0.15) is 0 Å². The number of nitrogens with two attached hydrogens (primary N) is 2. The summed E-state index contributed by atoms with van der Waals surface area (Å²) >= 11 is 0. The Balaban J connectivity index is 4.46. The fourth-order valence-electron chi connectivity index (χ4n) is 0.229. The van der Waals surface area contributed by atoms with E-state index in [1.807, 2.05) is 0 Å². The van der Waals surface area contributed by atoms with Crippen molar-refractivity contribution < 1.29 is 16.8 Å². The fourth-order valence-corrected chi connectivity index (χ4v) is 6.18. The van der Waals surface area contributed by atoms with Gasteiger partial charge < -0.3 is 0 Å². The van der Waals surface area contributed by atoms with Crippen LogP contribution >= 0.6 is 0 Å². The summed E-state index contributed by atoms with van der Waals surface area (Å²) in [7, 11) is -10.1. The molecule has 0 amide bonds. The van der Waals surface area contributed by atoms with Gasteiger partial charge in [0.2, 0.25) is 0 Å². The third kappa shape index (κ3) is 8.04. The van der Waals surface area contributed by atoms with Crippen LogP contribution in [-0.4, -0.2) is 24.7 Å². The monoisotopic (exact) mass is 190 g/mol. The van der Waals surface area contributed by atoms with Crippen LogP contribution in [0.25, 0.3) is 0 Å². The Morgan fingerprint density at radius 3 is 1.11 bits per heavy atom. The number of hydrogen-bond acceptors (Lipinski definition) is 4. The first-order valence-corrected chi connectivity index (χ1v) is 8.61. The lowest BCUT2D eigenvalue weighted by Crippen LogP contribution is -2.31. The van der Waals surface area contributed by atoms with E-state index in [0.29, 0.717) is 0 Å². The van der Waals surface area contributed by atoms with Gasteiger partial charge in [-0.3, -0.25) is 0 Å². The fraction of sp³-hybridized carbons (Fsp3) is 0. The van der Waals surface area contributed by atoms with Crippen LogP contribution in [0, 0.1) is 0 Å². The summed E-state index contributed by atoms with van der Waals surface area (Å²) in [5.41, 5.74) is 0. The first kappa shape index (κ1) is 9.04. The van der Waals surface area contributed by atoms with Crippen molar-refractivity contribution in [1.29, 1.82) is 0 Å². The van der Waals surface area contributed by atoms with Crippen LogP contribution in [0.2, 0.25) is 0 Å². The standard InChI is InChI=1S/H6N2O4S2Si/c1-7(3,4)9-8(2,5)6/h9H2,(H2,1,3,4)(H2,2,5,6). The van der Waals surface area contributed by atoms with Crippen LogP contribution in [0.5, 0.6) is 0 Å². The van der Waals surface area contributed by atoms with E-state index < -0.39 is 26.8 Å². The summed E-state index contributed by atoms with van der Waals surface area (Å²) in [6.07, 6.45) is 0. The van der Waals surface area contributed by atoms with E-state index in [-0.39, 0.29) is 0 Å². The molecule has 9 heteroatoms. The van der Waals surface area contributed by atoms with Crippen molar-refractivity contribution in [1.82, 2.24) is 0 Å². The second kappa shape index (κ2) is 2.34. The largest absolute Gasteiger partial charge is 0.337 e. The molecule has 0 saturated carbocycles. The highest BCUT2D eigenvalue weighted by Crippen LogP contribution is 1.77. The van der Waals surface area contributed by atoms with Crippen molar-refractivity contribution in [2.45, 2.75) is 0 Å². The van der Waals surface area contributed by atoms with E-state index in [4.69, 9.17) is 0 Å². The van der Waals surface area contributed by atoms with Gasteiger partial charge in [0.05, 0.1) is 0 Å². The minimum absolute atomic E-state index is 2.41. The highest BCUT2D eigenvalue weighted by molar-refractivity contribution is 8.41. The summed E-state index contributed by atoms with van der Waals surface area (Å²) in [5.74, 6) is 0. The molecule has 9 heavy (non-hydrogen) atoms. The maximum atomic E-state index is 10.0. The number of hydrogen-bond donors (Lipinski definition) is 2. The lowest BCUT2D eigenvalue weighted by Gasteiger charge is -1.90. The van der Waals surface area contributed by atoms with Gasteiger partial charge in [0.15, 0.2) is 18.9 Å². The molecule has 0 radical (unpaired) electrons. The molecule has 0 aromatic rings. The Bertz CT molecular complexity index is 242. The van der Waals surface area contributed by atoms with Crippen molar-refractivity contribution >= 4 is 26.8 Å². The van der Waals surface area contributed by atoms with Crippen LogP contribution in [0.4, 0.5) is 0 Å². The molecule has 0 fully saturated rings. The first-order chi connectivity index (χ1) is 3.71. The van der Waals surface area contributed by atoms with E-state index in [0.717, 1.165) is 0 Å². The van der Waals surface area contributed by atoms with Crippen LogP contribution in [0.3, 0.4) is 0 Å². The molecular weight excluding hydrogens is 184 g/mol. The predicted molar refractivity (Wildman–Crippen MR) is 34.8 cm³/mol. The Morgan fingerprint density at radius 1 is 0.889 bits per heavy atom. The second-order valence-electron chi connectivity index (χ2n) is 1.44.